The number of nitrogens with zero attached hydrogens (tertiary/aromatic N) is 2. The lowest BCUT2D eigenvalue weighted by atomic mass is 9.56. The summed E-state index contributed by atoms with van der Waals surface area (Å²) in [4.78, 5) is 17.4. The lowest BCUT2D eigenvalue weighted by molar-refractivity contribution is -0.122. The van der Waals surface area contributed by atoms with Crippen LogP contribution in [0.5, 0.6) is 0 Å². The first kappa shape index (κ1) is 15.2. The summed E-state index contributed by atoms with van der Waals surface area (Å²) in [6.45, 7) is 3.91. The second kappa shape index (κ2) is 4.90. The third kappa shape index (κ3) is 1.54. The van der Waals surface area contributed by atoms with Crippen LogP contribution in [0.1, 0.15) is 25.3 Å². The largest absolute Gasteiger partial charge is 0.498 e. The van der Waals surface area contributed by atoms with E-state index in [0.717, 1.165) is 31.6 Å². The number of ether oxygens (including phenoxy) is 1. The van der Waals surface area contributed by atoms with E-state index in [1.807, 2.05) is 23.3 Å². The molecule has 1 saturated carbocycles. The van der Waals surface area contributed by atoms with Gasteiger partial charge in [0.25, 0.3) is 5.91 Å². The molecule has 5 heteroatoms. The van der Waals surface area contributed by atoms with Crippen LogP contribution in [0.3, 0.4) is 0 Å². The molecular weight excluding hydrogens is 328 g/mol. The quantitative estimate of drug-likeness (QED) is 0.835. The maximum absolute atomic E-state index is 12.8. The molecule has 0 radical (unpaired) electrons. The SMILES string of the molecule is C[C@H]1OC=C2[C@H]3C[C@@H]4N(CC[C@@]45c4ccccc4N(C(=O)CO)[C@@H]25)C[C@H]31. The van der Waals surface area contributed by atoms with Gasteiger partial charge >= 0.3 is 0 Å². The zero-order valence-electron chi connectivity index (χ0n) is 15.0. The molecule has 4 aliphatic heterocycles. The van der Waals surface area contributed by atoms with E-state index in [-0.39, 0.29) is 23.5 Å². The summed E-state index contributed by atoms with van der Waals surface area (Å²) in [5.41, 5.74) is 3.50. The Morgan fingerprint density at radius 1 is 1.38 bits per heavy atom. The van der Waals surface area contributed by atoms with Gasteiger partial charge in [0.1, 0.15) is 6.61 Å². The summed E-state index contributed by atoms with van der Waals surface area (Å²) in [6, 6.07) is 8.81. The average molecular weight is 352 g/mol. The number of fused-ring (bicyclic) bond motifs is 2. The summed E-state index contributed by atoms with van der Waals surface area (Å²) >= 11 is 0. The molecule has 1 aromatic carbocycles. The van der Waals surface area contributed by atoms with E-state index < -0.39 is 6.61 Å². The number of aliphatic hydroxyl groups excluding tert-OH is 1. The first-order valence-electron chi connectivity index (χ1n) is 9.78. The molecule has 1 amide bonds. The summed E-state index contributed by atoms with van der Waals surface area (Å²) in [5, 5.41) is 9.70. The first-order valence-corrected chi connectivity index (χ1v) is 9.78. The third-order valence-electron chi connectivity index (χ3n) is 7.87. The molecule has 1 N–H and O–H groups in total. The standard InChI is InChI=1S/C21H24N2O3/c1-12-14-9-22-7-6-21-16-4-2-3-5-17(16)23(19(25)10-24)20(21)15(11-26-12)13(14)8-18(21)22/h2-5,11-14,18,20,24H,6-10H2,1H3/t12-,13+,14+,18+,20+,21-/m1/s1. The minimum Gasteiger partial charge on any atom is -0.498 e. The number of hydrogen-bond acceptors (Lipinski definition) is 4. The molecule has 2 saturated heterocycles. The summed E-state index contributed by atoms with van der Waals surface area (Å²) in [5.74, 6) is 0.783. The predicted molar refractivity (Wildman–Crippen MR) is 96.7 cm³/mol. The second-order valence-electron chi connectivity index (χ2n) is 8.61. The van der Waals surface area contributed by atoms with Crippen molar-refractivity contribution in [1.29, 1.82) is 0 Å². The van der Waals surface area contributed by atoms with Crippen molar-refractivity contribution in [2.45, 2.75) is 43.4 Å². The number of amides is 1. The van der Waals surface area contributed by atoms with E-state index >= 15 is 0 Å². The van der Waals surface area contributed by atoms with Crippen LogP contribution in [0.2, 0.25) is 0 Å². The fraction of sp³-hybridized carbons (Fsp3) is 0.571. The van der Waals surface area contributed by atoms with Crippen LogP contribution in [0.4, 0.5) is 5.69 Å². The molecule has 0 unspecified atom stereocenters. The highest BCUT2D eigenvalue weighted by atomic mass is 16.5. The van der Waals surface area contributed by atoms with Crippen LogP contribution in [-0.2, 0) is 14.9 Å². The van der Waals surface area contributed by atoms with Gasteiger partial charge in [0.05, 0.1) is 18.4 Å². The number of carbonyl (C=O) groups is 1. The van der Waals surface area contributed by atoms with Gasteiger partial charge in [-0.1, -0.05) is 18.2 Å². The Kier molecular flexibility index (Phi) is 2.87. The van der Waals surface area contributed by atoms with Crippen LogP contribution < -0.4 is 4.90 Å². The minimum absolute atomic E-state index is 0.0106. The number of anilines is 1. The Balaban J connectivity index is 1.63. The van der Waals surface area contributed by atoms with Crippen molar-refractivity contribution in [3.8, 4) is 0 Å². The molecule has 5 nitrogen and oxygen atoms in total. The van der Waals surface area contributed by atoms with Crippen molar-refractivity contribution in [1.82, 2.24) is 4.90 Å². The zero-order chi connectivity index (χ0) is 17.6. The van der Waals surface area contributed by atoms with Gasteiger partial charge in [0.15, 0.2) is 0 Å². The fourth-order valence-corrected chi connectivity index (χ4v) is 6.90. The van der Waals surface area contributed by atoms with E-state index in [1.54, 1.807) is 0 Å². The fourth-order valence-electron chi connectivity index (χ4n) is 6.90. The topological polar surface area (TPSA) is 53.0 Å². The normalized spacial score (nSPS) is 42.0. The molecule has 1 aliphatic carbocycles. The maximum atomic E-state index is 12.8. The first-order chi connectivity index (χ1) is 12.7. The van der Waals surface area contributed by atoms with Crippen molar-refractivity contribution in [2.24, 2.45) is 11.8 Å². The van der Waals surface area contributed by atoms with Gasteiger partial charge in [-0.25, -0.2) is 0 Å². The Morgan fingerprint density at radius 2 is 2.23 bits per heavy atom. The Hall–Kier alpha value is -1.85. The smallest absolute Gasteiger partial charge is 0.253 e. The van der Waals surface area contributed by atoms with Crippen LogP contribution >= 0.6 is 0 Å². The highest BCUT2D eigenvalue weighted by molar-refractivity contribution is 5.99. The number of benzene rings is 1. The minimum atomic E-state index is -0.450. The van der Waals surface area contributed by atoms with Crippen LogP contribution in [0, 0.1) is 11.8 Å². The molecule has 6 atom stereocenters. The van der Waals surface area contributed by atoms with Crippen LogP contribution in [0.25, 0.3) is 0 Å². The van der Waals surface area contributed by atoms with Crippen molar-refractivity contribution < 1.29 is 14.6 Å². The van der Waals surface area contributed by atoms with E-state index in [1.165, 1.54) is 11.1 Å². The van der Waals surface area contributed by atoms with Gasteiger partial charge in [0, 0.05) is 29.6 Å². The Bertz CT molecular complexity index is 836. The van der Waals surface area contributed by atoms with E-state index in [2.05, 4.69) is 24.0 Å². The number of carbonyl (C=O) groups excluding carboxylic acids is 1. The van der Waals surface area contributed by atoms with Gasteiger partial charge in [-0.2, -0.15) is 0 Å². The third-order valence-corrected chi connectivity index (χ3v) is 7.87. The molecule has 5 aliphatic rings. The Labute approximate surface area is 153 Å². The number of piperidine rings is 1. The Morgan fingerprint density at radius 3 is 3.08 bits per heavy atom. The molecule has 0 aromatic heterocycles. The van der Waals surface area contributed by atoms with E-state index in [0.29, 0.717) is 17.9 Å². The number of aliphatic hydroxyl groups is 1. The van der Waals surface area contributed by atoms with Crippen LogP contribution in [-0.4, -0.2) is 53.8 Å². The molecule has 136 valence electrons. The van der Waals surface area contributed by atoms with Crippen LogP contribution in [0.15, 0.2) is 36.1 Å². The van der Waals surface area contributed by atoms with Gasteiger partial charge in [0.2, 0.25) is 0 Å². The lowest BCUT2D eigenvalue weighted by Gasteiger charge is -2.57. The lowest BCUT2D eigenvalue weighted by Crippen LogP contribution is -2.65. The van der Waals surface area contributed by atoms with Gasteiger partial charge in [-0.15, -0.1) is 0 Å². The average Bonchev–Trinajstić information content (AvgIpc) is 3.20. The van der Waals surface area contributed by atoms with Gasteiger partial charge in [-0.05, 0) is 49.4 Å². The zero-order valence-corrected chi connectivity index (χ0v) is 15.0. The number of para-hydroxylation sites is 1. The molecule has 6 rings (SSSR count). The van der Waals surface area contributed by atoms with Crippen molar-refractivity contribution in [3.63, 3.8) is 0 Å². The monoisotopic (exact) mass is 352 g/mol. The van der Waals surface area contributed by atoms with Crippen molar-refractivity contribution in [3.05, 3.63) is 41.7 Å². The highest BCUT2D eigenvalue weighted by Crippen LogP contribution is 2.64. The summed E-state index contributed by atoms with van der Waals surface area (Å²) in [7, 11) is 0. The van der Waals surface area contributed by atoms with E-state index in [9.17, 15) is 9.90 Å². The molecule has 3 fully saturated rings. The molecule has 1 spiro atoms. The number of hydrogen-bond donors (Lipinski definition) is 1. The highest BCUT2D eigenvalue weighted by Gasteiger charge is 2.68. The van der Waals surface area contributed by atoms with Gasteiger partial charge in [-0.3, -0.25) is 9.69 Å². The molecule has 26 heavy (non-hydrogen) atoms. The van der Waals surface area contributed by atoms with Gasteiger partial charge < -0.3 is 14.7 Å². The number of rotatable bonds is 1. The summed E-state index contributed by atoms with van der Waals surface area (Å²) < 4.78 is 6.08. The molecule has 2 bridgehead atoms. The van der Waals surface area contributed by atoms with E-state index in [4.69, 9.17) is 4.74 Å². The van der Waals surface area contributed by atoms with Crippen molar-refractivity contribution >= 4 is 11.6 Å². The predicted octanol–water partition coefficient (Wildman–Crippen LogP) is 1.66. The maximum Gasteiger partial charge on any atom is 0.253 e. The molecule has 1 aromatic rings. The summed E-state index contributed by atoms with van der Waals surface area (Å²) in [6.07, 6.45) is 4.42. The van der Waals surface area contributed by atoms with Crippen molar-refractivity contribution in [2.75, 3.05) is 24.6 Å². The molecule has 4 heterocycles. The molecular formula is C21H24N2O3. The second-order valence-corrected chi connectivity index (χ2v) is 8.61.